The van der Waals surface area contributed by atoms with Crippen LogP contribution in [-0.4, -0.2) is 37.0 Å². The molecule has 0 aromatic heterocycles. The minimum atomic E-state index is -0.768. The van der Waals surface area contributed by atoms with Gasteiger partial charge in [-0.05, 0) is 49.7 Å². The number of hydrogen-bond acceptors (Lipinski definition) is 7. The zero-order valence-electron chi connectivity index (χ0n) is 17.5. The van der Waals surface area contributed by atoms with Crippen LogP contribution in [0.4, 0.5) is 11.4 Å². The van der Waals surface area contributed by atoms with Gasteiger partial charge >= 0.3 is 11.9 Å². The predicted molar refractivity (Wildman–Crippen MR) is 118 cm³/mol. The molecule has 8 nitrogen and oxygen atoms in total. The number of imide groups is 1. The summed E-state index contributed by atoms with van der Waals surface area (Å²) < 4.78 is 10.1. The molecule has 0 aliphatic carbocycles. The SMILES string of the molecule is CCCOC(=O)c1ccc(NC2=C(Cl)C(=O)N(c3ccccc3C(=O)OCC)C2=O)cc1. The van der Waals surface area contributed by atoms with Crippen LogP contribution in [0, 0.1) is 0 Å². The Balaban J connectivity index is 1.83. The molecule has 32 heavy (non-hydrogen) atoms. The number of ether oxygens (including phenoxy) is 2. The Morgan fingerprint density at radius 1 is 0.938 bits per heavy atom. The van der Waals surface area contributed by atoms with Gasteiger partial charge < -0.3 is 14.8 Å². The number of anilines is 2. The van der Waals surface area contributed by atoms with E-state index in [4.69, 9.17) is 21.1 Å². The summed E-state index contributed by atoms with van der Waals surface area (Å²) in [4.78, 5) is 50.8. The fourth-order valence-corrected chi connectivity index (χ4v) is 3.20. The van der Waals surface area contributed by atoms with Crippen LogP contribution in [0.3, 0.4) is 0 Å². The van der Waals surface area contributed by atoms with E-state index in [2.05, 4.69) is 5.32 Å². The van der Waals surface area contributed by atoms with Crippen LogP contribution in [0.25, 0.3) is 0 Å². The second kappa shape index (κ2) is 10.1. The van der Waals surface area contributed by atoms with E-state index in [1.807, 2.05) is 6.92 Å². The lowest BCUT2D eigenvalue weighted by Crippen LogP contribution is -2.33. The summed E-state index contributed by atoms with van der Waals surface area (Å²) in [5, 5.41) is 2.50. The van der Waals surface area contributed by atoms with Crippen LogP contribution in [0.2, 0.25) is 0 Å². The first-order chi connectivity index (χ1) is 15.4. The van der Waals surface area contributed by atoms with E-state index < -0.39 is 23.8 Å². The molecule has 0 spiro atoms. The van der Waals surface area contributed by atoms with Crippen molar-refractivity contribution in [3.63, 3.8) is 0 Å². The molecule has 0 bridgehead atoms. The number of nitrogens with zero attached hydrogens (tertiary/aromatic N) is 1. The Bertz CT molecular complexity index is 1090. The topological polar surface area (TPSA) is 102 Å². The quantitative estimate of drug-likeness (QED) is 0.475. The first kappa shape index (κ1) is 23.0. The van der Waals surface area contributed by atoms with E-state index in [-0.39, 0.29) is 28.6 Å². The second-order valence-corrected chi connectivity index (χ2v) is 7.09. The second-order valence-electron chi connectivity index (χ2n) is 6.71. The number of carbonyl (C=O) groups is 4. The highest BCUT2D eigenvalue weighted by molar-refractivity contribution is 6.53. The van der Waals surface area contributed by atoms with Gasteiger partial charge in [0.1, 0.15) is 10.7 Å². The number of benzene rings is 2. The van der Waals surface area contributed by atoms with Gasteiger partial charge in [-0.15, -0.1) is 0 Å². The van der Waals surface area contributed by atoms with Crippen molar-refractivity contribution in [1.29, 1.82) is 0 Å². The lowest BCUT2D eigenvalue weighted by atomic mass is 10.1. The Morgan fingerprint density at radius 3 is 2.28 bits per heavy atom. The largest absolute Gasteiger partial charge is 0.462 e. The van der Waals surface area contributed by atoms with Gasteiger partial charge in [-0.1, -0.05) is 30.7 Å². The van der Waals surface area contributed by atoms with Gasteiger partial charge in [0.2, 0.25) is 0 Å². The lowest BCUT2D eigenvalue weighted by molar-refractivity contribution is -0.120. The third-order valence-corrected chi connectivity index (χ3v) is 4.85. The molecule has 2 amide bonds. The third-order valence-electron chi connectivity index (χ3n) is 4.49. The molecule has 0 radical (unpaired) electrons. The minimum absolute atomic E-state index is 0.0664. The Hall–Kier alpha value is -3.65. The molecule has 1 N–H and O–H groups in total. The Morgan fingerprint density at radius 2 is 1.62 bits per heavy atom. The van der Waals surface area contributed by atoms with E-state index in [9.17, 15) is 19.2 Å². The predicted octanol–water partition coefficient (Wildman–Crippen LogP) is 3.87. The highest BCUT2D eigenvalue weighted by Gasteiger charge is 2.40. The van der Waals surface area contributed by atoms with Crippen molar-refractivity contribution < 1.29 is 28.7 Å². The van der Waals surface area contributed by atoms with E-state index in [0.717, 1.165) is 4.90 Å². The highest BCUT2D eigenvalue weighted by Crippen LogP contribution is 2.32. The maximum absolute atomic E-state index is 13.0. The number of rotatable bonds is 8. The third kappa shape index (κ3) is 4.65. The molecule has 166 valence electrons. The number of carbonyl (C=O) groups excluding carboxylic acids is 4. The Kier molecular flexibility index (Phi) is 7.27. The molecule has 2 aromatic carbocycles. The van der Waals surface area contributed by atoms with Gasteiger partial charge in [-0.25, -0.2) is 14.5 Å². The molecule has 0 atom stereocenters. The van der Waals surface area contributed by atoms with Crippen LogP contribution >= 0.6 is 11.6 Å². The molecular formula is C23H21ClN2O6. The molecule has 9 heteroatoms. The first-order valence-corrected chi connectivity index (χ1v) is 10.4. The molecule has 1 aliphatic heterocycles. The molecule has 0 saturated carbocycles. The average Bonchev–Trinajstić information content (AvgIpc) is 3.01. The summed E-state index contributed by atoms with van der Waals surface area (Å²) in [6.07, 6.45) is 0.712. The first-order valence-electron chi connectivity index (χ1n) is 9.97. The number of halogens is 1. The van der Waals surface area contributed by atoms with Gasteiger partial charge in [-0.2, -0.15) is 0 Å². The maximum atomic E-state index is 13.0. The smallest absolute Gasteiger partial charge is 0.340 e. The molecule has 1 heterocycles. The fraction of sp³-hybridized carbons (Fsp3) is 0.217. The summed E-state index contributed by atoms with van der Waals surface area (Å²) >= 11 is 6.16. The molecule has 1 aliphatic rings. The van der Waals surface area contributed by atoms with E-state index in [1.54, 1.807) is 31.2 Å². The van der Waals surface area contributed by atoms with Gasteiger partial charge in [-0.3, -0.25) is 9.59 Å². The number of esters is 2. The molecule has 0 unspecified atom stereocenters. The summed E-state index contributed by atoms with van der Waals surface area (Å²) in [7, 11) is 0. The standard InChI is InChI=1S/C23H21ClN2O6/c1-3-13-32-22(29)14-9-11-15(12-10-14)25-19-18(24)20(27)26(21(19)28)17-8-6-5-7-16(17)23(30)31-4-2/h5-12,25H,3-4,13H2,1-2H3. The van der Waals surface area contributed by atoms with E-state index in [0.29, 0.717) is 24.3 Å². The summed E-state index contributed by atoms with van der Waals surface area (Å²) in [5.74, 6) is -2.60. The molecule has 2 aromatic rings. The summed E-state index contributed by atoms with van der Waals surface area (Å²) in [6, 6.07) is 12.3. The summed E-state index contributed by atoms with van der Waals surface area (Å²) in [5.41, 5.74) is 0.785. The minimum Gasteiger partial charge on any atom is -0.462 e. The fourth-order valence-electron chi connectivity index (χ4n) is 2.99. The zero-order valence-corrected chi connectivity index (χ0v) is 18.3. The van der Waals surface area contributed by atoms with Crippen molar-refractivity contribution in [2.75, 3.05) is 23.4 Å². The van der Waals surface area contributed by atoms with Crippen LogP contribution in [0.5, 0.6) is 0 Å². The summed E-state index contributed by atoms with van der Waals surface area (Å²) in [6.45, 7) is 4.01. The van der Waals surface area contributed by atoms with Crippen molar-refractivity contribution in [3.05, 3.63) is 70.4 Å². The molecule has 0 fully saturated rings. The molecular weight excluding hydrogens is 436 g/mol. The van der Waals surface area contributed by atoms with Crippen molar-refractivity contribution in [2.24, 2.45) is 0 Å². The van der Waals surface area contributed by atoms with Gasteiger partial charge in [0, 0.05) is 5.69 Å². The normalized spacial score (nSPS) is 13.4. The number of amides is 2. The molecule has 0 saturated heterocycles. The van der Waals surface area contributed by atoms with Crippen molar-refractivity contribution >= 4 is 46.7 Å². The number of hydrogen-bond donors (Lipinski definition) is 1. The molecule has 3 rings (SSSR count). The van der Waals surface area contributed by atoms with Crippen LogP contribution in [0.1, 0.15) is 41.0 Å². The van der Waals surface area contributed by atoms with Crippen LogP contribution < -0.4 is 10.2 Å². The van der Waals surface area contributed by atoms with Crippen molar-refractivity contribution in [3.8, 4) is 0 Å². The van der Waals surface area contributed by atoms with Gasteiger partial charge in [0.15, 0.2) is 0 Å². The number of nitrogens with one attached hydrogen (secondary N) is 1. The average molecular weight is 457 g/mol. The van der Waals surface area contributed by atoms with Gasteiger partial charge in [0.25, 0.3) is 11.8 Å². The van der Waals surface area contributed by atoms with Gasteiger partial charge in [0.05, 0.1) is 30.0 Å². The monoisotopic (exact) mass is 456 g/mol. The van der Waals surface area contributed by atoms with Crippen molar-refractivity contribution in [1.82, 2.24) is 0 Å². The van der Waals surface area contributed by atoms with Crippen molar-refractivity contribution in [2.45, 2.75) is 20.3 Å². The van der Waals surface area contributed by atoms with Crippen LogP contribution in [-0.2, 0) is 19.1 Å². The van der Waals surface area contributed by atoms with E-state index >= 15 is 0 Å². The van der Waals surface area contributed by atoms with E-state index in [1.165, 1.54) is 24.3 Å². The maximum Gasteiger partial charge on any atom is 0.340 e. The Labute approximate surface area is 189 Å². The number of para-hydroxylation sites is 1. The zero-order chi connectivity index (χ0) is 23.3. The lowest BCUT2D eigenvalue weighted by Gasteiger charge is -2.18. The van der Waals surface area contributed by atoms with Crippen LogP contribution in [0.15, 0.2) is 59.3 Å². The highest BCUT2D eigenvalue weighted by atomic mass is 35.5.